The van der Waals surface area contributed by atoms with Gasteiger partial charge in [0.15, 0.2) is 0 Å². The van der Waals surface area contributed by atoms with Gasteiger partial charge >= 0.3 is 0 Å². The Balaban J connectivity index is 2.58. The molecule has 0 N–H and O–H groups in total. The van der Waals surface area contributed by atoms with Crippen molar-refractivity contribution in [2.24, 2.45) is 0 Å². The molecule has 0 saturated heterocycles. The maximum absolute atomic E-state index is 13.5. The number of nitriles is 1. The molecule has 0 aliphatic carbocycles. The van der Waals surface area contributed by atoms with Gasteiger partial charge < -0.3 is 4.74 Å². The average molecular weight is 236 g/mol. The minimum atomic E-state index is -0.202. The Morgan fingerprint density at radius 1 is 1.35 bits per heavy atom. The molecule has 3 nitrogen and oxygen atoms in total. The molecule has 0 unspecified atom stereocenters. The van der Waals surface area contributed by atoms with Gasteiger partial charge in [0.05, 0.1) is 12.7 Å². The van der Waals surface area contributed by atoms with Crippen molar-refractivity contribution in [3.63, 3.8) is 0 Å². The highest BCUT2D eigenvalue weighted by Crippen LogP contribution is 2.10. The van der Waals surface area contributed by atoms with E-state index >= 15 is 0 Å². The van der Waals surface area contributed by atoms with Crippen molar-refractivity contribution in [2.75, 3.05) is 26.8 Å². The van der Waals surface area contributed by atoms with Gasteiger partial charge in [0.2, 0.25) is 0 Å². The predicted molar refractivity (Wildman–Crippen MR) is 63.8 cm³/mol. The highest BCUT2D eigenvalue weighted by molar-refractivity contribution is 5.17. The topological polar surface area (TPSA) is 36.3 Å². The lowest BCUT2D eigenvalue weighted by atomic mass is 10.2. The summed E-state index contributed by atoms with van der Waals surface area (Å²) < 4.78 is 18.5. The van der Waals surface area contributed by atoms with Crippen LogP contribution in [0.5, 0.6) is 0 Å². The van der Waals surface area contributed by atoms with Gasteiger partial charge in [-0.15, -0.1) is 0 Å². The molecule has 1 rings (SSSR count). The maximum atomic E-state index is 13.5. The van der Waals surface area contributed by atoms with Crippen molar-refractivity contribution < 1.29 is 9.13 Å². The lowest BCUT2D eigenvalue weighted by molar-refractivity contribution is 0.144. The third kappa shape index (κ3) is 4.94. The van der Waals surface area contributed by atoms with E-state index in [1.807, 2.05) is 11.0 Å². The standard InChI is InChI=1S/C13H17FN2O/c1-17-10-9-16(8-4-7-15)11-12-5-2-3-6-13(12)14/h2-3,5-6H,4,8-11H2,1H3. The highest BCUT2D eigenvalue weighted by Gasteiger charge is 2.08. The molecule has 1 aromatic rings. The largest absolute Gasteiger partial charge is 0.383 e. The summed E-state index contributed by atoms with van der Waals surface area (Å²) >= 11 is 0. The molecule has 0 aliphatic rings. The minimum absolute atomic E-state index is 0.202. The molecule has 17 heavy (non-hydrogen) atoms. The summed E-state index contributed by atoms with van der Waals surface area (Å²) in [4.78, 5) is 2.02. The summed E-state index contributed by atoms with van der Waals surface area (Å²) in [7, 11) is 1.63. The molecule has 0 heterocycles. The normalized spacial score (nSPS) is 10.5. The van der Waals surface area contributed by atoms with Crippen LogP contribution in [0, 0.1) is 17.1 Å². The number of hydrogen-bond donors (Lipinski definition) is 0. The zero-order chi connectivity index (χ0) is 12.5. The van der Waals surface area contributed by atoms with Gasteiger partial charge in [0.1, 0.15) is 5.82 Å². The molecule has 0 atom stereocenters. The summed E-state index contributed by atoms with van der Waals surface area (Å²) in [6, 6.07) is 8.81. The lowest BCUT2D eigenvalue weighted by Crippen LogP contribution is -2.28. The van der Waals surface area contributed by atoms with Crippen molar-refractivity contribution in [3.8, 4) is 6.07 Å². The van der Waals surface area contributed by atoms with Crippen molar-refractivity contribution in [1.82, 2.24) is 4.90 Å². The summed E-state index contributed by atoms with van der Waals surface area (Å²) in [6.45, 7) is 2.43. The predicted octanol–water partition coefficient (Wildman–Crippen LogP) is 2.19. The highest BCUT2D eigenvalue weighted by atomic mass is 19.1. The molecule has 0 spiro atoms. The molecule has 92 valence electrons. The van der Waals surface area contributed by atoms with E-state index in [9.17, 15) is 4.39 Å². The van der Waals surface area contributed by atoms with Crippen molar-refractivity contribution in [1.29, 1.82) is 5.26 Å². The van der Waals surface area contributed by atoms with Crippen LogP contribution in [0.4, 0.5) is 4.39 Å². The molecule has 1 aromatic carbocycles. The molecular formula is C13H17FN2O. The van der Waals surface area contributed by atoms with Gasteiger partial charge in [-0.25, -0.2) is 4.39 Å². The van der Waals surface area contributed by atoms with Crippen LogP contribution in [0.2, 0.25) is 0 Å². The molecule has 0 bridgehead atoms. The second kappa shape index (κ2) is 7.77. The number of ether oxygens (including phenoxy) is 1. The molecule has 0 amide bonds. The van der Waals surface area contributed by atoms with Gasteiger partial charge in [0, 0.05) is 38.7 Å². The third-order valence-electron chi connectivity index (χ3n) is 2.50. The Labute approximate surface area is 101 Å². The molecule has 0 fully saturated rings. The zero-order valence-corrected chi connectivity index (χ0v) is 10.0. The van der Waals surface area contributed by atoms with Crippen LogP contribution < -0.4 is 0 Å². The van der Waals surface area contributed by atoms with Crippen LogP contribution in [0.3, 0.4) is 0 Å². The summed E-state index contributed by atoms with van der Waals surface area (Å²) in [5, 5.41) is 8.58. The quantitative estimate of drug-likeness (QED) is 0.728. The Bertz CT molecular complexity index is 376. The minimum Gasteiger partial charge on any atom is -0.383 e. The summed E-state index contributed by atoms with van der Waals surface area (Å²) in [6.07, 6.45) is 0.443. The molecule has 0 saturated carbocycles. The molecule has 4 heteroatoms. The first kappa shape index (κ1) is 13.6. The van der Waals surface area contributed by atoms with Crippen LogP contribution >= 0.6 is 0 Å². The van der Waals surface area contributed by atoms with E-state index in [1.165, 1.54) is 6.07 Å². The SMILES string of the molecule is COCCN(CCC#N)Cc1ccccc1F. The van der Waals surface area contributed by atoms with Crippen LogP contribution in [0.1, 0.15) is 12.0 Å². The summed E-state index contributed by atoms with van der Waals surface area (Å²) in [5.41, 5.74) is 0.654. The van der Waals surface area contributed by atoms with Crippen LogP contribution in [-0.2, 0) is 11.3 Å². The van der Waals surface area contributed by atoms with E-state index in [0.29, 0.717) is 38.2 Å². The zero-order valence-electron chi connectivity index (χ0n) is 10.0. The van der Waals surface area contributed by atoms with E-state index in [2.05, 4.69) is 6.07 Å². The van der Waals surface area contributed by atoms with Gasteiger partial charge in [0.25, 0.3) is 0 Å². The van der Waals surface area contributed by atoms with Gasteiger partial charge in [-0.05, 0) is 6.07 Å². The Morgan fingerprint density at radius 3 is 2.76 bits per heavy atom. The number of halogens is 1. The summed E-state index contributed by atoms with van der Waals surface area (Å²) in [5.74, 6) is -0.202. The van der Waals surface area contributed by atoms with E-state index in [4.69, 9.17) is 10.00 Å². The van der Waals surface area contributed by atoms with Gasteiger partial charge in [-0.2, -0.15) is 5.26 Å². The molecule has 0 aromatic heterocycles. The van der Waals surface area contributed by atoms with Gasteiger partial charge in [-0.3, -0.25) is 4.90 Å². The number of rotatable bonds is 7. The van der Waals surface area contributed by atoms with E-state index in [-0.39, 0.29) is 5.82 Å². The van der Waals surface area contributed by atoms with Crippen LogP contribution in [0.25, 0.3) is 0 Å². The van der Waals surface area contributed by atoms with Crippen LogP contribution in [-0.4, -0.2) is 31.7 Å². The van der Waals surface area contributed by atoms with Crippen molar-refractivity contribution >= 4 is 0 Å². The van der Waals surface area contributed by atoms with Gasteiger partial charge in [-0.1, -0.05) is 18.2 Å². The maximum Gasteiger partial charge on any atom is 0.127 e. The lowest BCUT2D eigenvalue weighted by Gasteiger charge is -2.20. The van der Waals surface area contributed by atoms with E-state index in [1.54, 1.807) is 19.2 Å². The number of benzene rings is 1. The number of hydrogen-bond acceptors (Lipinski definition) is 3. The van der Waals surface area contributed by atoms with Crippen molar-refractivity contribution in [3.05, 3.63) is 35.6 Å². The van der Waals surface area contributed by atoms with Crippen molar-refractivity contribution in [2.45, 2.75) is 13.0 Å². The average Bonchev–Trinajstić information content (AvgIpc) is 2.35. The Kier molecular flexibility index (Phi) is 6.23. The van der Waals surface area contributed by atoms with E-state index in [0.717, 1.165) is 0 Å². The van der Waals surface area contributed by atoms with Crippen LogP contribution in [0.15, 0.2) is 24.3 Å². The molecule has 0 radical (unpaired) electrons. The van der Waals surface area contributed by atoms with E-state index < -0.39 is 0 Å². The first-order valence-corrected chi connectivity index (χ1v) is 5.59. The molecular weight excluding hydrogens is 219 g/mol. The third-order valence-corrected chi connectivity index (χ3v) is 2.50. The number of methoxy groups -OCH3 is 1. The second-order valence-electron chi connectivity index (χ2n) is 3.77. The fourth-order valence-corrected chi connectivity index (χ4v) is 1.57. The fourth-order valence-electron chi connectivity index (χ4n) is 1.57. The number of nitrogens with zero attached hydrogens (tertiary/aromatic N) is 2. The Hall–Kier alpha value is -1.44. The monoisotopic (exact) mass is 236 g/mol. The smallest absolute Gasteiger partial charge is 0.127 e. The first-order chi connectivity index (χ1) is 8.27. The Morgan fingerprint density at radius 2 is 2.12 bits per heavy atom. The molecule has 0 aliphatic heterocycles. The first-order valence-electron chi connectivity index (χ1n) is 5.59. The second-order valence-corrected chi connectivity index (χ2v) is 3.77. The fraction of sp³-hybridized carbons (Fsp3) is 0.462.